The van der Waals surface area contributed by atoms with Crippen LogP contribution in [-0.2, 0) is 6.61 Å². The molecule has 0 saturated carbocycles. The van der Waals surface area contributed by atoms with Crippen LogP contribution >= 0.6 is 11.6 Å². The fourth-order valence-electron chi connectivity index (χ4n) is 2.47. The lowest BCUT2D eigenvalue weighted by molar-refractivity contribution is 0.299. The molecule has 0 aromatic heterocycles. The Morgan fingerprint density at radius 1 is 1.00 bits per heavy atom. The van der Waals surface area contributed by atoms with Gasteiger partial charge in [-0.2, -0.15) is 5.26 Å². The number of nitrogens with zero attached hydrogens (tertiary/aromatic N) is 1. The molecule has 128 valence electrons. The van der Waals surface area contributed by atoms with E-state index in [2.05, 4.69) is 6.07 Å². The molecule has 0 spiro atoms. The van der Waals surface area contributed by atoms with Crippen LogP contribution in [0.3, 0.4) is 0 Å². The van der Waals surface area contributed by atoms with Crippen molar-refractivity contribution in [1.82, 2.24) is 0 Å². The second-order valence-electron chi connectivity index (χ2n) is 5.59. The molecule has 0 unspecified atom stereocenters. The van der Waals surface area contributed by atoms with Crippen LogP contribution in [0.5, 0.6) is 5.75 Å². The van der Waals surface area contributed by atoms with Crippen LogP contribution in [0.25, 0.3) is 11.6 Å². The molecule has 0 N–H and O–H groups in total. The van der Waals surface area contributed by atoms with E-state index in [0.717, 1.165) is 11.1 Å². The van der Waals surface area contributed by atoms with Crippen LogP contribution in [0, 0.1) is 17.1 Å². The summed E-state index contributed by atoms with van der Waals surface area (Å²) < 4.78 is 19.6. The first-order chi connectivity index (χ1) is 12.7. The first-order valence-electron chi connectivity index (χ1n) is 8.00. The lowest BCUT2D eigenvalue weighted by atomic mass is 10.0. The Labute approximate surface area is 156 Å². The number of allylic oxidation sites excluding steroid dienone is 1. The van der Waals surface area contributed by atoms with Crippen molar-refractivity contribution in [3.63, 3.8) is 0 Å². The number of rotatable bonds is 5. The molecule has 0 aliphatic heterocycles. The number of nitriles is 1. The summed E-state index contributed by atoms with van der Waals surface area (Å²) in [5.41, 5.74) is 2.48. The molecule has 0 amide bonds. The molecule has 3 rings (SSSR count). The topological polar surface area (TPSA) is 33.0 Å². The van der Waals surface area contributed by atoms with E-state index in [0.29, 0.717) is 21.9 Å². The summed E-state index contributed by atoms with van der Waals surface area (Å²) in [6, 6.07) is 23.1. The summed E-state index contributed by atoms with van der Waals surface area (Å²) in [6.07, 6.45) is 1.75. The first kappa shape index (κ1) is 17.7. The van der Waals surface area contributed by atoms with E-state index >= 15 is 0 Å². The lowest BCUT2D eigenvalue weighted by Gasteiger charge is -2.10. The van der Waals surface area contributed by atoms with Gasteiger partial charge in [0, 0.05) is 16.1 Å². The van der Waals surface area contributed by atoms with Crippen molar-refractivity contribution in [2.75, 3.05) is 0 Å². The molecular formula is C22H15ClFNO. The number of hydrogen-bond acceptors (Lipinski definition) is 2. The third-order valence-corrected chi connectivity index (χ3v) is 4.09. The highest BCUT2D eigenvalue weighted by Gasteiger charge is 2.07. The van der Waals surface area contributed by atoms with Gasteiger partial charge in [0.25, 0.3) is 0 Å². The average molecular weight is 364 g/mol. The van der Waals surface area contributed by atoms with Crippen molar-refractivity contribution < 1.29 is 9.13 Å². The number of hydrogen-bond donors (Lipinski definition) is 0. The molecular weight excluding hydrogens is 349 g/mol. The summed E-state index contributed by atoms with van der Waals surface area (Å²) in [6.45, 7) is 0.111. The Balaban J connectivity index is 1.87. The first-order valence-corrected chi connectivity index (χ1v) is 8.38. The number of ether oxygens (including phenoxy) is 1. The van der Waals surface area contributed by atoms with E-state index in [-0.39, 0.29) is 12.4 Å². The molecule has 0 fully saturated rings. The summed E-state index contributed by atoms with van der Waals surface area (Å²) in [5.74, 6) is 0.275. The molecule has 26 heavy (non-hydrogen) atoms. The van der Waals surface area contributed by atoms with E-state index < -0.39 is 0 Å². The zero-order valence-electron chi connectivity index (χ0n) is 13.8. The SMILES string of the molecule is N#C/C(=C\c1ccccc1OCc1ccccc1F)c1ccc(Cl)cc1. The van der Waals surface area contributed by atoms with Crippen molar-refractivity contribution in [3.8, 4) is 11.8 Å². The quantitative estimate of drug-likeness (QED) is 0.404. The fraction of sp³-hybridized carbons (Fsp3) is 0.0455. The summed E-state index contributed by atoms with van der Waals surface area (Å²) >= 11 is 5.90. The van der Waals surface area contributed by atoms with Crippen molar-refractivity contribution in [2.45, 2.75) is 6.61 Å². The Morgan fingerprint density at radius 2 is 1.69 bits per heavy atom. The smallest absolute Gasteiger partial charge is 0.129 e. The van der Waals surface area contributed by atoms with Crippen LogP contribution in [0.4, 0.5) is 4.39 Å². The summed E-state index contributed by atoms with van der Waals surface area (Å²) in [7, 11) is 0. The van der Waals surface area contributed by atoms with Crippen LogP contribution in [0.15, 0.2) is 72.8 Å². The normalized spacial score (nSPS) is 11.0. The van der Waals surface area contributed by atoms with E-state index in [1.165, 1.54) is 6.07 Å². The minimum Gasteiger partial charge on any atom is -0.488 e. The predicted molar refractivity (Wildman–Crippen MR) is 102 cm³/mol. The van der Waals surface area contributed by atoms with E-state index in [9.17, 15) is 9.65 Å². The highest BCUT2D eigenvalue weighted by molar-refractivity contribution is 6.30. The fourth-order valence-corrected chi connectivity index (χ4v) is 2.59. The molecule has 0 radical (unpaired) electrons. The number of halogens is 2. The van der Waals surface area contributed by atoms with Crippen LogP contribution in [0.2, 0.25) is 5.02 Å². The minimum atomic E-state index is -0.306. The van der Waals surface area contributed by atoms with Crippen LogP contribution < -0.4 is 4.74 Å². The average Bonchev–Trinajstić information content (AvgIpc) is 2.67. The Hall–Kier alpha value is -3.09. The van der Waals surface area contributed by atoms with Gasteiger partial charge in [0.15, 0.2) is 0 Å². The van der Waals surface area contributed by atoms with Gasteiger partial charge >= 0.3 is 0 Å². The minimum absolute atomic E-state index is 0.111. The van der Waals surface area contributed by atoms with Gasteiger partial charge < -0.3 is 4.74 Å². The van der Waals surface area contributed by atoms with Gasteiger partial charge in [0.2, 0.25) is 0 Å². The van der Waals surface area contributed by atoms with Gasteiger partial charge in [-0.15, -0.1) is 0 Å². The Bertz CT molecular complexity index is 974. The van der Waals surface area contributed by atoms with Crippen LogP contribution in [0.1, 0.15) is 16.7 Å². The molecule has 0 bridgehead atoms. The maximum absolute atomic E-state index is 13.8. The standard InChI is InChI=1S/C22H15ClFNO/c23-20-11-9-16(10-12-20)19(14-25)13-17-5-2-4-8-22(17)26-15-18-6-1-3-7-21(18)24/h1-13H,15H2/b19-13+. The monoisotopic (exact) mass is 363 g/mol. The van der Waals surface area contributed by atoms with E-state index in [4.69, 9.17) is 16.3 Å². The summed E-state index contributed by atoms with van der Waals surface area (Å²) in [5, 5.41) is 10.1. The van der Waals surface area contributed by atoms with E-state index in [1.807, 2.05) is 18.2 Å². The molecule has 2 nitrogen and oxygen atoms in total. The van der Waals surface area contributed by atoms with Gasteiger partial charge in [0.1, 0.15) is 18.2 Å². The molecule has 0 aliphatic rings. The molecule has 3 aromatic rings. The van der Waals surface area contributed by atoms with Crippen molar-refractivity contribution in [2.24, 2.45) is 0 Å². The van der Waals surface area contributed by atoms with Crippen molar-refractivity contribution >= 4 is 23.3 Å². The zero-order chi connectivity index (χ0) is 18.4. The molecule has 4 heteroatoms. The molecule has 0 heterocycles. The van der Waals surface area contributed by atoms with Gasteiger partial charge in [-0.05, 0) is 35.9 Å². The van der Waals surface area contributed by atoms with Gasteiger partial charge in [0.05, 0.1) is 11.6 Å². The van der Waals surface area contributed by atoms with Gasteiger partial charge in [-0.25, -0.2) is 4.39 Å². The maximum Gasteiger partial charge on any atom is 0.129 e. The predicted octanol–water partition coefficient (Wildman–Crippen LogP) is 6.12. The highest BCUT2D eigenvalue weighted by atomic mass is 35.5. The zero-order valence-corrected chi connectivity index (χ0v) is 14.6. The van der Waals surface area contributed by atoms with Gasteiger partial charge in [-0.1, -0.05) is 60.1 Å². The molecule has 0 saturated heterocycles. The number of benzene rings is 3. The van der Waals surface area contributed by atoms with Crippen molar-refractivity contribution in [3.05, 3.63) is 100 Å². The Morgan fingerprint density at radius 3 is 2.42 bits per heavy atom. The highest BCUT2D eigenvalue weighted by Crippen LogP contribution is 2.26. The lowest BCUT2D eigenvalue weighted by Crippen LogP contribution is -1.99. The van der Waals surface area contributed by atoms with Crippen LogP contribution in [-0.4, -0.2) is 0 Å². The van der Waals surface area contributed by atoms with E-state index in [1.54, 1.807) is 54.6 Å². The molecule has 3 aromatic carbocycles. The Kier molecular flexibility index (Phi) is 5.68. The summed E-state index contributed by atoms with van der Waals surface area (Å²) in [4.78, 5) is 0. The van der Waals surface area contributed by atoms with Crippen molar-refractivity contribution in [1.29, 1.82) is 5.26 Å². The number of para-hydroxylation sites is 1. The molecule has 0 aliphatic carbocycles. The largest absolute Gasteiger partial charge is 0.488 e. The second kappa shape index (κ2) is 8.33. The third-order valence-electron chi connectivity index (χ3n) is 3.84. The maximum atomic E-state index is 13.8. The molecule has 0 atom stereocenters. The third kappa shape index (κ3) is 4.30. The van der Waals surface area contributed by atoms with Gasteiger partial charge in [-0.3, -0.25) is 0 Å². The second-order valence-corrected chi connectivity index (χ2v) is 6.03.